The van der Waals surface area contributed by atoms with Crippen LogP contribution in [0.1, 0.15) is 25.7 Å². The highest BCUT2D eigenvalue weighted by molar-refractivity contribution is 6.34. The third-order valence-corrected chi connectivity index (χ3v) is 4.37. The van der Waals surface area contributed by atoms with Gasteiger partial charge in [-0.05, 0) is 55.7 Å². The maximum absolute atomic E-state index is 12.2. The number of carbonyl (C=O) groups is 1. The van der Waals surface area contributed by atoms with Crippen LogP contribution in [0.4, 0.5) is 11.4 Å². The number of carbonyl (C=O) groups excluding carboxylic acids is 1. The van der Waals surface area contributed by atoms with Crippen molar-refractivity contribution in [3.05, 3.63) is 23.2 Å². The van der Waals surface area contributed by atoms with E-state index < -0.39 is 0 Å². The van der Waals surface area contributed by atoms with Crippen LogP contribution in [0.3, 0.4) is 0 Å². The third kappa shape index (κ3) is 4.61. The molecule has 21 heavy (non-hydrogen) atoms. The van der Waals surface area contributed by atoms with E-state index in [0.717, 1.165) is 24.9 Å². The summed E-state index contributed by atoms with van der Waals surface area (Å²) in [5.74, 6) is 1.61. The molecule has 0 bridgehead atoms. The van der Waals surface area contributed by atoms with E-state index in [0.29, 0.717) is 22.9 Å². The number of anilines is 2. The first-order valence-electron chi connectivity index (χ1n) is 7.67. The van der Waals surface area contributed by atoms with Gasteiger partial charge >= 0.3 is 0 Å². The van der Waals surface area contributed by atoms with Gasteiger partial charge in [-0.3, -0.25) is 9.69 Å². The van der Waals surface area contributed by atoms with Gasteiger partial charge < -0.3 is 11.1 Å². The number of nitrogen functional groups attached to an aromatic ring is 1. The first-order valence-corrected chi connectivity index (χ1v) is 8.05. The Kier molecular flexibility index (Phi) is 4.36. The van der Waals surface area contributed by atoms with E-state index in [1.165, 1.54) is 25.7 Å². The molecule has 2 aliphatic rings. The second-order valence-corrected chi connectivity index (χ2v) is 6.78. The highest BCUT2D eigenvalue weighted by Gasteiger charge is 2.30. The number of hydrogen-bond donors (Lipinski definition) is 2. The zero-order valence-electron chi connectivity index (χ0n) is 12.1. The van der Waals surface area contributed by atoms with Gasteiger partial charge in [0.2, 0.25) is 5.91 Å². The standard InChI is InChI=1S/C16H22ClN3O/c17-14-7-13(18)5-6-15(14)19-16(21)10-20(8-11-1-2-11)9-12-3-4-12/h5-7,11-12H,1-4,8-10,18H2,(H,19,21). The maximum Gasteiger partial charge on any atom is 0.238 e. The maximum atomic E-state index is 12.2. The van der Waals surface area contributed by atoms with Gasteiger partial charge in [-0.1, -0.05) is 11.6 Å². The fraction of sp³-hybridized carbons (Fsp3) is 0.562. The van der Waals surface area contributed by atoms with Crippen molar-refractivity contribution in [1.82, 2.24) is 4.90 Å². The SMILES string of the molecule is Nc1ccc(NC(=O)CN(CC2CC2)CC2CC2)c(Cl)c1. The largest absolute Gasteiger partial charge is 0.399 e. The fourth-order valence-electron chi connectivity index (χ4n) is 2.56. The van der Waals surface area contributed by atoms with Crippen LogP contribution in [0, 0.1) is 11.8 Å². The lowest BCUT2D eigenvalue weighted by Gasteiger charge is -2.21. The van der Waals surface area contributed by atoms with Gasteiger partial charge in [0.05, 0.1) is 17.3 Å². The molecule has 3 rings (SSSR count). The Hall–Kier alpha value is -1.26. The minimum atomic E-state index is 0.00275. The lowest BCUT2D eigenvalue weighted by molar-refractivity contribution is -0.117. The summed E-state index contributed by atoms with van der Waals surface area (Å²) >= 11 is 6.09. The van der Waals surface area contributed by atoms with Gasteiger partial charge in [0, 0.05) is 18.8 Å². The summed E-state index contributed by atoms with van der Waals surface area (Å²) in [6, 6.07) is 5.15. The fourth-order valence-corrected chi connectivity index (χ4v) is 2.80. The molecule has 2 saturated carbocycles. The van der Waals surface area contributed by atoms with E-state index in [1.807, 2.05) is 0 Å². The van der Waals surface area contributed by atoms with Gasteiger partial charge in [0.15, 0.2) is 0 Å². The molecule has 4 nitrogen and oxygen atoms in total. The Bertz CT molecular complexity index is 512. The second kappa shape index (κ2) is 6.24. The zero-order valence-corrected chi connectivity index (χ0v) is 12.9. The van der Waals surface area contributed by atoms with E-state index >= 15 is 0 Å². The average molecular weight is 308 g/mol. The summed E-state index contributed by atoms with van der Waals surface area (Å²) < 4.78 is 0. The van der Waals surface area contributed by atoms with E-state index in [1.54, 1.807) is 18.2 Å². The van der Waals surface area contributed by atoms with Crippen molar-refractivity contribution in [2.75, 3.05) is 30.7 Å². The molecule has 0 aromatic heterocycles. The Morgan fingerprint density at radius 1 is 1.24 bits per heavy atom. The molecule has 1 amide bonds. The van der Waals surface area contributed by atoms with Gasteiger partial charge in [0.1, 0.15) is 0 Å². The smallest absolute Gasteiger partial charge is 0.238 e. The average Bonchev–Trinajstić information content (AvgIpc) is 3.29. The molecule has 0 saturated heterocycles. The quantitative estimate of drug-likeness (QED) is 0.761. The minimum absolute atomic E-state index is 0.00275. The Balaban J connectivity index is 1.55. The summed E-state index contributed by atoms with van der Waals surface area (Å²) in [4.78, 5) is 14.5. The molecule has 2 aliphatic carbocycles. The van der Waals surface area contributed by atoms with E-state index in [4.69, 9.17) is 17.3 Å². The molecule has 0 spiro atoms. The molecule has 114 valence electrons. The van der Waals surface area contributed by atoms with Crippen LogP contribution in [-0.4, -0.2) is 30.4 Å². The topological polar surface area (TPSA) is 58.4 Å². The number of nitrogens with two attached hydrogens (primary N) is 1. The molecule has 3 N–H and O–H groups in total. The molecular formula is C16H22ClN3O. The van der Waals surface area contributed by atoms with Crippen LogP contribution in [0.5, 0.6) is 0 Å². The molecule has 0 unspecified atom stereocenters. The lowest BCUT2D eigenvalue weighted by Crippen LogP contribution is -2.36. The molecule has 0 heterocycles. The first kappa shape index (κ1) is 14.7. The Labute approximate surface area is 130 Å². The third-order valence-electron chi connectivity index (χ3n) is 4.06. The molecule has 2 fully saturated rings. The van der Waals surface area contributed by atoms with Crippen molar-refractivity contribution in [3.63, 3.8) is 0 Å². The Morgan fingerprint density at radius 3 is 2.38 bits per heavy atom. The number of halogens is 1. The van der Waals surface area contributed by atoms with Crippen molar-refractivity contribution in [2.24, 2.45) is 11.8 Å². The van der Waals surface area contributed by atoms with Gasteiger partial charge in [-0.15, -0.1) is 0 Å². The second-order valence-electron chi connectivity index (χ2n) is 6.37. The Morgan fingerprint density at radius 2 is 1.86 bits per heavy atom. The molecule has 5 heteroatoms. The predicted molar refractivity (Wildman–Crippen MR) is 86.4 cm³/mol. The van der Waals surface area contributed by atoms with Crippen molar-refractivity contribution in [2.45, 2.75) is 25.7 Å². The predicted octanol–water partition coefficient (Wildman–Crippen LogP) is 2.98. The summed E-state index contributed by atoms with van der Waals surface area (Å²) in [6.45, 7) is 2.56. The van der Waals surface area contributed by atoms with Crippen molar-refractivity contribution >= 4 is 28.9 Å². The monoisotopic (exact) mass is 307 g/mol. The number of rotatable bonds is 7. The minimum Gasteiger partial charge on any atom is -0.399 e. The highest BCUT2D eigenvalue weighted by Crippen LogP contribution is 2.33. The molecule has 0 atom stereocenters. The van der Waals surface area contributed by atoms with Crippen LogP contribution in [-0.2, 0) is 4.79 Å². The van der Waals surface area contributed by atoms with E-state index in [2.05, 4.69) is 10.2 Å². The van der Waals surface area contributed by atoms with Crippen molar-refractivity contribution < 1.29 is 4.79 Å². The summed E-state index contributed by atoms with van der Waals surface area (Å²) in [7, 11) is 0. The normalized spacial score (nSPS) is 18.0. The van der Waals surface area contributed by atoms with Crippen molar-refractivity contribution in [3.8, 4) is 0 Å². The molecule has 0 aliphatic heterocycles. The van der Waals surface area contributed by atoms with Gasteiger partial charge in [0.25, 0.3) is 0 Å². The lowest BCUT2D eigenvalue weighted by atomic mass is 10.2. The van der Waals surface area contributed by atoms with Crippen LogP contribution in [0.25, 0.3) is 0 Å². The van der Waals surface area contributed by atoms with E-state index in [-0.39, 0.29) is 5.91 Å². The first-order chi connectivity index (χ1) is 10.1. The van der Waals surface area contributed by atoms with Gasteiger partial charge in [-0.2, -0.15) is 0 Å². The highest BCUT2D eigenvalue weighted by atomic mass is 35.5. The van der Waals surface area contributed by atoms with Crippen LogP contribution < -0.4 is 11.1 Å². The van der Waals surface area contributed by atoms with E-state index in [9.17, 15) is 4.79 Å². The van der Waals surface area contributed by atoms with Crippen LogP contribution in [0.2, 0.25) is 5.02 Å². The number of amides is 1. The van der Waals surface area contributed by atoms with Crippen LogP contribution >= 0.6 is 11.6 Å². The number of hydrogen-bond acceptors (Lipinski definition) is 3. The number of nitrogens with one attached hydrogen (secondary N) is 1. The number of nitrogens with zero attached hydrogens (tertiary/aromatic N) is 1. The molecule has 1 aromatic carbocycles. The number of benzene rings is 1. The summed E-state index contributed by atoms with van der Waals surface area (Å²) in [5, 5.41) is 3.37. The summed E-state index contributed by atoms with van der Waals surface area (Å²) in [5.41, 5.74) is 6.89. The van der Waals surface area contributed by atoms with Gasteiger partial charge in [-0.25, -0.2) is 0 Å². The zero-order chi connectivity index (χ0) is 14.8. The molecular weight excluding hydrogens is 286 g/mol. The van der Waals surface area contributed by atoms with Crippen LogP contribution in [0.15, 0.2) is 18.2 Å². The summed E-state index contributed by atoms with van der Waals surface area (Å²) in [6.07, 6.45) is 5.25. The molecule has 1 aromatic rings. The molecule has 0 radical (unpaired) electrons. The van der Waals surface area contributed by atoms with Crippen molar-refractivity contribution in [1.29, 1.82) is 0 Å².